The first-order valence-electron chi connectivity index (χ1n) is 6.91. The maximum atomic E-state index is 11.8. The van der Waals surface area contributed by atoms with Gasteiger partial charge in [0.25, 0.3) is 0 Å². The average Bonchev–Trinajstić information content (AvgIpc) is 2.81. The van der Waals surface area contributed by atoms with E-state index in [1.807, 2.05) is 13.8 Å². The van der Waals surface area contributed by atoms with Gasteiger partial charge in [-0.25, -0.2) is 0 Å². The van der Waals surface area contributed by atoms with Gasteiger partial charge in [0.15, 0.2) is 0 Å². The number of hydrogen-bond acceptors (Lipinski definition) is 3. The number of cyclic esters (lactones) is 1. The van der Waals surface area contributed by atoms with E-state index in [2.05, 4.69) is 19.2 Å². The fourth-order valence-corrected chi connectivity index (χ4v) is 2.97. The van der Waals surface area contributed by atoms with Crippen LogP contribution in [0.15, 0.2) is 0 Å². The lowest BCUT2D eigenvalue weighted by Crippen LogP contribution is -2.36. The predicted octanol–water partition coefficient (Wildman–Crippen LogP) is 1.73. The second-order valence-corrected chi connectivity index (χ2v) is 6.26. The molecule has 4 nitrogen and oxygen atoms in total. The summed E-state index contributed by atoms with van der Waals surface area (Å²) in [6.45, 7) is 8.20. The average molecular weight is 253 g/mol. The number of carbonyl (C=O) groups is 2. The standard InChI is InChI=1S/C14H23NO3/c1-7(2)9-5-11(15-13(9)16)12-6-10(8(3)4)14(17)18-12/h7-12H,5-6H2,1-4H3,(H,15,16). The SMILES string of the molecule is CC(C)C1CC(C2CC(C(C)C)C(=O)O2)NC1=O. The number of amides is 1. The lowest BCUT2D eigenvalue weighted by molar-refractivity contribution is -0.146. The van der Waals surface area contributed by atoms with Gasteiger partial charge in [0.05, 0.1) is 12.0 Å². The van der Waals surface area contributed by atoms with Crippen LogP contribution < -0.4 is 5.32 Å². The third kappa shape index (κ3) is 2.38. The molecule has 0 radical (unpaired) electrons. The minimum Gasteiger partial charge on any atom is -0.460 e. The summed E-state index contributed by atoms with van der Waals surface area (Å²) in [6, 6.07) is 0.0117. The third-order valence-corrected chi connectivity index (χ3v) is 4.29. The summed E-state index contributed by atoms with van der Waals surface area (Å²) in [6.07, 6.45) is 1.41. The van der Waals surface area contributed by atoms with Crippen molar-refractivity contribution in [2.45, 2.75) is 52.7 Å². The van der Waals surface area contributed by atoms with Crippen molar-refractivity contribution < 1.29 is 14.3 Å². The van der Waals surface area contributed by atoms with Gasteiger partial charge in [0.2, 0.25) is 5.91 Å². The van der Waals surface area contributed by atoms with E-state index in [0.29, 0.717) is 11.8 Å². The normalized spacial score (nSPS) is 36.3. The van der Waals surface area contributed by atoms with Crippen LogP contribution in [0.2, 0.25) is 0 Å². The van der Waals surface area contributed by atoms with Crippen LogP contribution in [0.25, 0.3) is 0 Å². The third-order valence-electron chi connectivity index (χ3n) is 4.29. The van der Waals surface area contributed by atoms with Gasteiger partial charge in [0, 0.05) is 5.92 Å². The Morgan fingerprint density at radius 2 is 1.67 bits per heavy atom. The van der Waals surface area contributed by atoms with Crippen LogP contribution in [-0.4, -0.2) is 24.0 Å². The lowest BCUT2D eigenvalue weighted by atomic mass is 9.88. The molecular formula is C14H23NO3. The second-order valence-electron chi connectivity index (χ2n) is 6.26. The summed E-state index contributed by atoms with van der Waals surface area (Å²) in [7, 11) is 0. The van der Waals surface area contributed by atoms with Gasteiger partial charge >= 0.3 is 5.97 Å². The maximum Gasteiger partial charge on any atom is 0.309 e. The first-order valence-corrected chi connectivity index (χ1v) is 6.91. The second kappa shape index (κ2) is 4.90. The van der Waals surface area contributed by atoms with E-state index >= 15 is 0 Å². The van der Waals surface area contributed by atoms with Crippen LogP contribution in [-0.2, 0) is 14.3 Å². The van der Waals surface area contributed by atoms with Crippen LogP contribution in [0.3, 0.4) is 0 Å². The first kappa shape index (κ1) is 13.4. The van der Waals surface area contributed by atoms with E-state index in [1.54, 1.807) is 0 Å². The molecule has 0 saturated carbocycles. The molecule has 0 aromatic rings. The monoisotopic (exact) mass is 253 g/mol. The summed E-state index contributed by atoms with van der Waals surface area (Å²) >= 11 is 0. The predicted molar refractivity (Wildman–Crippen MR) is 67.7 cm³/mol. The number of ether oxygens (including phenoxy) is 1. The van der Waals surface area contributed by atoms with Crippen LogP contribution in [0.5, 0.6) is 0 Å². The Kier molecular flexibility index (Phi) is 3.64. The van der Waals surface area contributed by atoms with E-state index < -0.39 is 0 Å². The van der Waals surface area contributed by atoms with Crippen molar-refractivity contribution in [3.05, 3.63) is 0 Å². The molecule has 4 atom stereocenters. The zero-order chi connectivity index (χ0) is 13.4. The van der Waals surface area contributed by atoms with Crippen molar-refractivity contribution in [1.29, 1.82) is 0 Å². The van der Waals surface area contributed by atoms with Gasteiger partial charge < -0.3 is 10.1 Å². The van der Waals surface area contributed by atoms with Crippen molar-refractivity contribution in [2.75, 3.05) is 0 Å². The fourth-order valence-electron chi connectivity index (χ4n) is 2.97. The number of rotatable bonds is 3. The summed E-state index contributed by atoms with van der Waals surface area (Å²) in [4.78, 5) is 23.6. The van der Waals surface area contributed by atoms with Crippen LogP contribution in [0, 0.1) is 23.7 Å². The highest BCUT2D eigenvalue weighted by Crippen LogP contribution is 2.34. The van der Waals surface area contributed by atoms with Crippen LogP contribution >= 0.6 is 0 Å². The molecule has 102 valence electrons. The molecule has 2 rings (SSSR count). The van der Waals surface area contributed by atoms with Crippen LogP contribution in [0.1, 0.15) is 40.5 Å². The number of hydrogen-bond donors (Lipinski definition) is 1. The van der Waals surface area contributed by atoms with Crippen LogP contribution in [0.4, 0.5) is 0 Å². The Labute approximate surface area is 108 Å². The molecule has 2 heterocycles. The molecule has 0 bridgehead atoms. The minimum absolute atomic E-state index is 0.00926. The highest BCUT2D eigenvalue weighted by Gasteiger charge is 2.45. The topological polar surface area (TPSA) is 55.4 Å². The molecule has 2 saturated heterocycles. The zero-order valence-electron chi connectivity index (χ0n) is 11.6. The van der Waals surface area contributed by atoms with Gasteiger partial charge in [0.1, 0.15) is 6.10 Å². The van der Waals surface area contributed by atoms with E-state index in [4.69, 9.17) is 4.74 Å². The Hall–Kier alpha value is -1.06. The molecular weight excluding hydrogens is 230 g/mol. The molecule has 2 fully saturated rings. The van der Waals surface area contributed by atoms with Crippen molar-refractivity contribution in [3.8, 4) is 0 Å². The highest BCUT2D eigenvalue weighted by atomic mass is 16.6. The lowest BCUT2D eigenvalue weighted by Gasteiger charge is -2.17. The fraction of sp³-hybridized carbons (Fsp3) is 0.857. The highest BCUT2D eigenvalue weighted by molar-refractivity contribution is 5.82. The summed E-state index contributed by atoms with van der Waals surface area (Å²) in [5, 5.41) is 2.99. The Balaban J connectivity index is 1.99. The van der Waals surface area contributed by atoms with E-state index in [-0.39, 0.29) is 35.9 Å². The summed E-state index contributed by atoms with van der Waals surface area (Å²) in [5.74, 6) is 0.710. The summed E-state index contributed by atoms with van der Waals surface area (Å²) < 4.78 is 5.44. The summed E-state index contributed by atoms with van der Waals surface area (Å²) in [5.41, 5.74) is 0. The number of carbonyl (C=O) groups excluding carboxylic acids is 2. The van der Waals surface area contributed by atoms with Crippen molar-refractivity contribution in [2.24, 2.45) is 23.7 Å². The smallest absolute Gasteiger partial charge is 0.309 e. The molecule has 4 heteroatoms. The minimum atomic E-state index is -0.127. The Bertz CT molecular complexity index is 317. The molecule has 2 aliphatic rings. The number of nitrogens with one attached hydrogen (secondary N) is 1. The van der Waals surface area contributed by atoms with Crippen molar-refractivity contribution in [3.63, 3.8) is 0 Å². The maximum absolute atomic E-state index is 11.8. The molecule has 0 aromatic heterocycles. The molecule has 0 spiro atoms. The molecule has 1 N–H and O–H groups in total. The van der Waals surface area contributed by atoms with Gasteiger partial charge in [-0.15, -0.1) is 0 Å². The molecule has 1 amide bonds. The first-order chi connectivity index (χ1) is 8.40. The largest absolute Gasteiger partial charge is 0.460 e. The van der Waals surface area contributed by atoms with E-state index in [9.17, 15) is 9.59 Å². The van der Waals surface area contributed by atoms with Gasteiger partial charge in [-0.2, -0.15) is 0 Å². The molecule has 0 aliphatic carbocycles. The quantitative estimate of drug-likeness (QED) is 0.779. The van der Waals surface area contributed by atoms with E-state index in [0.717, 1.165) is 12.8 Å². The van der Waals surface area contributed by atoms with Crippen molar-refractivity contribution >= 4 is 11.9 Å². The van der Waals surface area contributed by atoms with Crippen molar-refractivity contribution in [1.82, 2.24) is 5.32 Å². The van der Waals surface area contributed by atoms with Gasteiger partial charge in [-0.3, -0.25) is 9.59 Å². The number of esters is 1. The van der Waals surface area contributed by atoms with E-state index in [1.165, 1.54) is 0 Å². The van der Waals surface area contributed by atoms with Gasteiger partial charge in [-0.1, -0.05) is 27.7 Å². The zero-order valence-corrected chi connectivity index (χ0v) is 11.6. The Morgan fingerprint density at radius 1 is 1.06 bits per heavy atom. The molecule has 18 heavy (non-hydrogen) atoms. The Morgan fingerprint density at radius 3 is 2.11 bits per heavy atom. The van der Waals surface area contributed by atoms with Gasteiger partial charge in [-0.05, 0) is 24.7 Å². The molecule has 4 unspecified atom stereocenters. The molecule has 2 aliphatic heterocycles. The molecule has 0 aromatic carbocycles.